The van der Waals surface area contributed by atoms with Crippen LogP contribution >= 0.6 is 24.0 Å². The Hall–Kier alpha value is -0.780. The number of nitrogens with one attached hydrogen (secondary N) is 1. The summed E-state index contributed by atoms with van der Waals surface area (Å²) >= 11 is 0. The standard InChI is InChI=1S/C15H25N3.HI/c1-6-16-14(18(4)5)17-12-15(2,3)13-10-8-7-9-11-13;/h7-11H,6,12H2,1-5H3,(H,16,17);1H. The Bertz CT molecular complexity index is 386. The molecule has 0 aliphatic heterocycles. The van der Waals surface area contributed by atoms with Crippen LogP contribution in [0.4, 0.5) is 0 Å². The first-order valence-electron chi connectivity index (χ1n) is 6.48. The summed E-state index contributed by atoms with van der Waals surface area (Å²) in [5.41, 5.74) is 1.38. The van der Waals surface area contributed by atoms with E-state index in [1.165, 1.54) is 5.56 Å². The molecule has 0 amide bonds. The van der Waals surface area contributed by atoms with Crippen LogP contribution in [-0.2, 0) is 5.41 Å². The molecule has 0 aliphatic carbocycles. The molecule has 3 nitrogen and oxygen atoms in total. The van der Waals surface area contributed by atoms with Gasteiger partial charge in [0.25, 0.3) is 0 Å². The fourth-order valence-corrected chi connectivity index (χ4v) is 1.77. The van der Waals surface area contributed by atoms with E-state index in [-0.39, 0.29) is 29.4 Å². The third kappa shape index (κ3) is 5.80. The lowest BCUT2D eigenvalue weighted by Gasteiger charge is -2.25. The van der Waals surface area contributed by atoms with E-state index >= 15 is 0 Å². The second-order valence-corrected chi connectivity index (χ2v) is 5.31. The second kappa shape index (κ2) is 8.40. The molecule has 1 aromatic carbocycles. The Kier molecular flexibility index (Phi) is 8.06. The summed E-state index contributed by atoms with van der Waals surface area (Å²) < 4.78 is 0. The summed E-state index contributed by atoms with van der Waals surface area (Å²) in [6.45, 7) is 8.21. The molecule has 0 fully saturated rings. The van der Waals surface area contributed by atoms with Gasteiger partial charge >= 0.3 is 0 Å². The fraction of sp³-hybridized carbons (Fsp3) is 0.533. The predicted octanol–water partition coefficient (Wildman–Crippen LogP) is 3.11. The largest absolute Gasteiger partial charge is 0.357 e. The molecule has 0 bridgehead atoms. The maximum atomic E-state index is 4.69. The maximum Gasteiger partial charge on any atom is 0.193 e. The van der Waals surface area contributed by atoms with E-state index in [0.717, 1.165) is 19.0 Å². The molecular weight excluding hydrogens is 349 g/mol. The lowest BCUT2D eigenvalue weighted by Crippen LogP contribution is -2.37. The Morgan fingerprint density at radius 3 is 2.26 bits per heavy atom. The zero-order valence-corrected chi connectivity index (χ0v) is 14.9. The van der Waals surface area contributed by atoms with Crippen LogP contribution in [0.15, 0.2) is 35.3 Å². The molecule has 0 aromatic heterocycles. The molecule has 0 saturated carbocycles. The summed E-state index contributed by atoms with van der Waals surface area (Å²) in [5, 5.41) is 3.28. The van der Waals surface area contributed by atoms with Gasteiger partial charge in [0.15, 0.2) is 5.96 Å². The Morgan fingerprint density at radius 1 is 1.21 bits per heavy atom. The van der Waals surface area contributed by atoms with E-state index < -0.39 is 0 Å². The van der Waals surface area contributed by atoms with Gasteiger partial charge in [-0.1, -0.05) is 44.2 Å². The van der Waals surface area contributed by atoms with Crippen molar-refractivity contribution in [2.24, 2.45) is 4.99 Å². The van der Waals surface area contributed by atoms with Gasteiger partial charge in [-0.25, -0.2) is 0 Å². The molecule has 0 aliphatic rings. The van der Waals surface area contributed by atoms with E-state index in [9.17, 15) is 0 Å². The fourth-order valence-electron chi connectivity index (χ4n) is 1.77. The molecule has 4 heteroatoms. The van der Waals surface area contributed by atoms with Gasteiger partial charge in [0.1, 0.15) is 0 Å². The van der Waals surface area contributed by atoms with Gasteiger partial charge in [-0.3, -0.25) is 4.99 Å². The molecule has 1 N–H and O–H groups in total. The smallest absolute Gasteiger partial charge is 0.193 e. The molecule has 108 valence electrons. The highest BCUT2D eigenvalue weighted by Crippen LogP contribution is 2.22. The van der Waals surface area contributed by atoms with Crippen molar-refractivity contribution < 1.29 is 0 Å². The Labute approximate surface area is 134 Å². The molecule has 1 rings (SSSR count). The van der Waals surface area contributed by atoms with Gasteiger partial charge in [-0.05, 0) is 12.5 Å². The number of hydrogen-bond donors (Lipinski definition) is 1. The summed E-state index contributed by atoms with van der Waals surface area (Å²) in [7, 11) is 4.02. The molecule has 19 heavy (non-hydrogen) atoms. The van der Waals surface area contributed by atoms with E-state index in [4.69, 9.17) is 4.99 Å². The number of aliphatic imine (C=N–C) groups is 1. The Morgan fingerprint density at radius 2 is 1.79 bits per heavy atom. The minimum absolute atomic E-state index is 0. The van der Waals surface area contributed by atoms with Crippen LogP contribution in [0, 0.1) is 0 Å². The summed E-state index contributed by atoms with van der Waals surface area (Å²) in [6.07, 6.45) is 0. The van der Waals surface area contributed by atoms with Gasteiger partial charge in [0.05, 0.1) is 6.54 Å². The number of benzene rings is 1. The Balaban J connectivity index is 0.00000324. The van der Waals surface area contributed by atoms with Crippen LogP contribution in [0.3, 0.4) is 0 Å². The number of guanidine groups is 1. The highest BCUT2D eigenvalue weighted by atomic mass is 127. The van der Waals surface area contributed by atoms with Gasteiger partial charge in [0, 0.05) is 26.1 Å². The van der Waals surface area contributed by atoms with Crippen molar-refractivity contribution in [3.63, 3.8) is 0 Å². The number of rotatable bonds is 4. The van der Waals surface area contributed by atoms with Crippen LogP contribution in [0.1, 0.15) is 26.3 Å². The van der Waals surface area contributed by atoms with Crippen molar-refractivity contribution in [1.29, 1.82) is 0 Å². The van der Waals surface area contributed by atoms with Gasteiger partial charge < -0.3 is 10.2 Å². The lowest BCUT2D eigenvalue weighted by atomic mass is 9.85. The first kappa shape index (κ1) is 18.2. The van der Waals surface area contributed by atoms with Crippen LogP contribution in [0.5, 0.6) is 0 Å². The number of hydrogen-bond acceptors (Lipinski definition) is 1. The molecule has 0 radical (unpaired) electrons. The van der Waals surface area contributed by atoms with Gasteiger partial charge in [-0.2, -0.15) is 0 Å². The van der Waals surface area contributed by atoms with Gasteiger partial charge in [-0.15, -0.1) is 24.0 Å². The normalized spacial score (nSPS) is 11.7. The molecule has 0 unspecified atom stereocenters. The van der Waals surface area contributed by atoms with E-state index in [2.05, 4.69) is 50.4 Å². The third-order valence-corrected chi connectivity index (χ3v) is 2.94. The van der Waals surface area contributed by atoms with Crippen LogP contribution < -0.4 is 5.32 Å². The summed E-state index contributed by atoms with van der Waals surface area (Å²) in [5.74, 6) is 0.946. The minimum atomic E-state index is 0. The average Bonchev–Trinajstić information content (AvgIpc) is 2.35. The van der Waals surface area contributed by atoms with Crippen molar-refractivity contribution in [1.82, 2.24) is 10.2 Å². The van der Waals surface area contributed by atoms with Crippen LogP contribution in [0.25, 0.3) is 0 Å². The highest BCUT2D eigenvalue weighted by molar-refractivity contribution is 14.0. The predicted molar refractivity (Wildman–Crippen MR) is 94.5 cm³/mol. The summed E-state index contributed by atoms with van der Waals surface area (Å²) in [4.78, 5) is 6.71. The summed E-state index contributed by atoms with van der Waals surface area (Å²) in [6, 6.07) is 10.5. The first-order valence-corrected chi connectivity index (χ1v) is 6.48. The second-order valence-electron chi connectivity index (χ2n) is 5.31. The van der Waals surface area contributed by atoms with Crippen molar-refractivity contribution in [2.75, 3.05) is 27.2 Å². The quantitative estimate of drug-likeness (QED) is 0.498. The minimum Gasteiger partial charge on any atom is -0.357 e. The average molecular weight is 375 g/mol. The molecule has 1 aromatic rings. The van der Waals surface area contributed by atoms with Crippen molar-refractivity contribution in [3.05, 3.63) is 35.9 Å². The molecule has 0 saturated heterocycles. The zero-order valence-electron chi connectivity index (χ0n) is 12.6. The highest BCUT2D eigenvalue weighted by Gasteiger charge is 2.20. The zero-order chi connectivity index (χ0) is 13.6. The maximum absolute atomic E-state index is 4.69. The lowest BCUT2D eigenvalue weighted by molar-refractivity contribution is 0.522. The first-order chi connectivity index (χ1) is 8.47. The SMILES string of the molecule is CCNC(=NCC(C)(C)c1ccccc1)N(C)C.I. The van der Waals surface area contributed by atoms with E-state index in [1.807, 2.05) is 25.1 Å². The van der Waals surface area contributed by atoms with Crippen LogP contribution in [0.2, 0.25) is 0 Å². The molecular formula is C15H26IN3. The number of nitrogens with zero attached hydrogens (tertiary/aromatic N) is 2. The van der Waals surface area contributed by atoms with Crippen molar-refractivity contribution in [2.45, 2.75) is 26.2 Å². The monoisotopic (exact) mass is 375 g/mol. The van der Waals surface area contributed by atoms with Gasteiger partial charge in [0.2, 0.25) is 0 Å². The molecule has 0 atom stereocenters. The molecule has 0 spiro atoms. The number of halogens is 1. The van der Waals surface area contributed by atoms with E-state index in [1.54, 1.807) is 0 Å². The van der Waals surface area contributed by atoms with Crippen molar-refractivity contribution >= 4 is 29.9 Å². The topological polar surface area (TPSA) is 27.6 Å². The van der Waals surface area contributed by atoms with E-state index in [0.29, 0.717) is 0 Å². The third-order valence-electron chi connectivity index (χ3n) is 2.94. The molecule has 0 heterocycles. The van der Waals surface area contributed by atoms with Crippen LogP contribution in [-0.4, -0.2) is 38.0 Å². The van der Waals surface area contributed by atoms with Crippen molar-refractivity contribution in [3.8, 4) is 0 Å².